The van der Waals surface area contributed by atoms with Crippen molar-refractivity contribution in [2.24, 2.45) is 5.92 Å². The highest BCUT2D eigenvalue weighted by molar-refractivity contribution is 5.74. The number of aromatic nitrogens is 4. The molecule has 2 aliphatic carbocycles. The number of urea groups is 1. The molecule has 1 N–H and O–H groups in total. The standard InChI is InChI=1S/C13H22N6O/c1-9(12-15-16-17-19(12)11-5-6-11)14-13(20)18(2)8-7-10-3-4-10/h9-11H,3-8H2,1-2H3,(H,14,20). The summed E-state index contributed by atoms with van der Waals surface area (Å²) in [6.45, 7) is 2.74. The van der Waals surface area contributed by atoms with Gasteiger partial charge in [-0.25, -0.2) is 9.48 Å². The minimum absolute atomic E-state index is 0.0523. The largest absolute Gasteiger partial charge is 0.328 e. The highest BCUT2D eigenvalue weighted by atomic mass is 16.2. The van der Waals surface area contributed by atoms with Crippen LogP contribution < -0.4 is 5.32 Å². The number of carbonyl (C=O) groups is 1. The second kappa shape index (κ2) is 5.38. The van der Waals surface area contributed by atoms with Crippen molar-refractivity contribution in [2.45, 2.75) is 51.1 Å². The van der Waals surface area contributed by atoms with Gasteiger partial charge in [-0.05, 0) is 42.5 Å². The van der Waals surface area contributed by atoms with Crippen LogP contribution in [0, 0.1) is 5.92 Å². The summed E-state index contributed by atoms with van der Waals surface area (Å²) in [6.07, 6.45) is 6.00. The van der Waals surface area contributed by atoms with Crippen molar-refractivity contribution < 1.29 is 4.79 Å². The first-order chi connectivity index (χ1) is 9.65. The van der Waals surface area contributed by atoms with E-state index in [0.29, 0.717) is 6.04 Å². The Labute approximate surface area is 118 Å². The normalized spacial score (nSPS) is 19.7. The third kappa shape index (κ3) is 3.08. The third-order valence-corrected chi connectivity index (χ3v) is 4.05. The summed E-state index contributed by atoms with van der Waals surface area (Å²) in [7, 11) is 1.84. The zero-order valence-electron chi connectivity index (χ0n) is 12.1. The molecule has 0 spiro atoms. The van der Waals surface area contributed by atoms with E-state index in [9.17, 15) is 4.79 Å². The molecule has 20 heavy (non-hydrogen) atoms. The van der Waals surface area contributed by atoms with E-state index in [1.54, 1.807) is 4.90 Å². The fourth-order valence-corrected chi connectivity index (χ4v) is 2.31. The van der Waals surface area contributed by atoms with Gasteiger partial charge in [0.25, 0.3) is 0 Å². The molecule has 0 saturated heterocycles. The van der Waals surface area contributed by atoms with Crippen LogP contribution in [0.2, 0.25) is 0 Å². The summed E-state index contributed by atoms with van der Waals surface area (Å²) in [5, 5.41) is 14.7. The fraction of sp³-hybridized carbons (Fsp3) is 0.846. The van der Waals surface area contributed by atoms with Crippen molar-refractivity contribution >= 4 is 6.03 Å². The number of tetrazole rings is 1. The Kier molecular flexibility index (Phi) is 3.58. The quantitative estimate of drug-likeness (QED) is 0.855. The van der Waals surface area contributed by atoms with Crippen LogP contribution in [-0.4, -0.2) is 44.7 Å². The fourth-order valence-electron chi connectivity index (χ4n) is 2.31. The van der Waals surface area contributed by atoms with Crippen molar-refractivity contribution in [3.8, 4) is 0 Å². The molecule has 7 nitrogen and oxygen atoms in total. The van der Waals surface area contributed by atoms with Crippen LogP contribution in [0.1, 0.15) is 56.9 Å². The van der Waals surface area contributed by atoms with E-state index in [1.807, 2.05) is 18.7 Å². The van der Waals surface area contributed by atoms with E-state index >= 15 is 0 Å². The lowest BCUT2D eigenvalue weighted by molar-refractivity contribution is 0.203. The summed E-state index contributed by atoms with van der Waals surface area (Å²) in [5.74, 6) is 1.58. The molecule has 110 valence electrons. The molecular weight excluding hydrogens is 256 g/mol. The summed E-state index contributed by atoms with van der Waals surface area (Å²) in [6, 6.07) is 0.205. The molecule has 1 atom stereocenters. The van der Waals surface area contributed by atoms with Gasteiger partial charge in [0.15, 0.2) is 5.82 Å². The Bertz CT molecular complexity index is 479. The first kappa shape index (κ1) is 13.3. The molecule has 2 aliphatic rings. The Morgan fingerprint density at radius 3 is 2.85 bits per heavy atom. The van der Waals surface area contributed by atoms with Crippen LogP contribution in [0.15, 0.2) is 0 Å². The number of nitrogens with one attached hydrogen (secondary N) is 1. The maximum Gasteiger partial charge on any atom is 0.317 e. The van der Waals surface area contributed by atoms with Gasteiger partial charge in [-0.3, -0.25) is 0 Å². The lowest BCUT2D eigenvalue weighted by atomic mass is 10.3. The van der Waals surface area contributed by atoms with E-state index in [4.69, 9.17) is 0 Å². The van der Waals surface area contributed by atoms with E-state index < -0.39 is 0 Å². The molecule has 2 fully saturated rings. The Balaban J connectivity index is 1.52. The van der Waals surface area contributed by atoms with Gasteiger partial charge in [0.1, 0.15) is 0 Å². The number of amides is 2. The van der Waals surface area contributed by atoms with Gasteiger partial charge in [-0.2, -0.15) is 0 Å². The van der Waals surface area contributed by atoms with E-state index in [0.717, 1.165) is 37.5 Å². The molecule has 0 bridgehead atoms. The zero-order valence-corrected chi connectivity index (χ0v) is 12.1. The van der Waals surface area contributed by atoms with Gasteiger partial charge < -0.3 is 10.2 Å². The van der Waals surface area contributed by atoms with Gasteiger partial charge in [-0.1, -0.05) is 12.8 Å². The van der Waals surface area contributed by atoms with Crippen molar-refractivity contribution in [1.82, 2.24) is 30.4 Å². The molecule has 1 heterocycles. The Hall–Kier alpha value is -1.66. The second-order valence-electron chi connectivity index (χ2n) is 6.04. The smallest absolute Gasteiger partial charge is 0.317 e. The monoisotopic (exact) mass is 278 g/mol. The van der Waals surface area contributed by atoms with Crippen molar-refractivity contribution in [3.63, 3.8) is 0 Å². The van der Waals surface area contributed by atoms with E-state index in [2.05, 4.69) is 20.8 Å². The number of rotatable bonds is 6. The number of nitrogens with zero attached hydrogens (tertiary/aromatic N) is 5. The third-order valence-electron chi connectivity index (χ3n) is 4.05. The lowest BCUT2D eigenvalue weighted by Gasteiger charge is -2.20. The molecule has 0 radical (unpaired) electrons. The molecule has 2 amide bonds. The zero-order chi connectivity index (χ0) is 14.1. The van der Waals surface area contributed by atoms with Crippen molar-refractivity contribution in [2.75, 3.05) is 13.6 Å². The van der Waals surface area contributed by atoms with Gasteiger partial charge >= 0.3 is 6.03 Å². The van der Waals surface area contributed by atoms with Crippen molar-refractivity contribution in [3.05, 3.63) is 5.82 Å². The van der Waals surface area contributed by atoms with Crippen LogP contribution in [-0.2, 0) is 0 Å². The molecule has 0 aliphatic heterocycles. The van der Waals surface area contributed by atoms with Crippen LogP contribution in [0.25, 0.3) is 0 Å². The molecule has 7 heteroatoms. The van der Waals surface area contributed by atoms with Crippen LogP contribution >= 0.6 is 0 Å². The number of hydrogen-bond acceptors (Lipinski definition) is 4. The summed E-state index contributed by atoms with van der Waals surface area (Å²) in [4.78, 5) is 13.9. The van der Waals surface area contributed by atoms with Gasteiger partial charge in [-0.15, -0.1) is 5.10 Å². The van der Waals surface area contributed by atoms with E-state index in [1.165, 1.54) is 12.8 Å². The molecule has 0 aromatic carbocycles. The number of carbonyl (C=O) groups excluding carboxylic acids is 1. The number of hydrogen-bond donors (Lipinski definition) is 1. The topological polar surface area (TPSA) is 75.9 Å². The summed E-state index contributed by atoms with van der Waals surface area (Å²) < 4.78 is 1.84. The average molecular weight is 278 g/mol. The van der Waals surface area contributed by atoms with Gasteiger partial charge in [0.05, 0.1) is 12.1 Å². The summed E-state index contributed by atoms with van der Waals surface area (Å²) >= 11 is 0. The molecular formula is C13H22N6O. The van der Waals surface area contributed by atoms with Crippen LogP contribution in [0.4, 0.5) is 4.79 Å². The predicted molar refractivity (Wildman–Crippen MR) is 73.0 cm³/mol. The maximum atomic E-state index is 12.1. The predicted octanol–water partition coefficient (Wildman–Crippen LogP) is 1.51. The highest BCUT2D eigenvalue weighted by Crippen LogP contribution is 2.35. The molecule has 1 unspecified atom stereocenters. The van der Waals surface area contributed by atoms with Gasteiger partial charge in [0.2, 0.25) is 0 Å². The molecule has 3 rings (SSSR count). The second-order valence-corrected chi connectivity index (χ2v) is 6.04. The minimum Gasteiger partial charge on any atom is -0.328 e. The lowest BCUT2D eigenvalue weighted by Crippen LogP contribution is -2.39. The van der Waals surface area contributed by atoms with Crippen LogP contribution in [0.3, 0.4) is 0 Å². The Morgan fingerprint density at radius 2 is 2.20 bits per heavy atom. The van der Waals surface area contributed by atoms with Crippen LogP contribution in [0.5, 0.6) is 0 Å². The van der Waals surface area contributed by atoms with Gasteiger partial charge in [0, 0.05) is 13.6 Å². The SMILES string of the molecule is CC(NC(=O)N(C)CCC1CC1)c1nnnn1C1CC1. The molecule has 1 aromatic rings. The highest BCUT2D eigenvalue weighted by Gasteiger charge is 2.30. The maximum absolute atomic E-state index is 12.1. The first-order valence-corrected chi connectivity index (χ1v) is 7.44. The van der Waals surface area contributed by atoms with E-state index in [-0.39, 0.29) is 12.1 Å². The molecule has 1 aromatic heterocycles. The Morgan fingerprint density at radius 1 is 1.45 bits per heavy atom. The first-order valence-electron chi connectivity index (χ1n) is 7.44. The minimum atomic E-state index is -0.165. The molecule has 2 saturated carbocycles. The summed E-state index contributed by atoms with van der Waals surface area (Å²) in [5.41, 5.74) is 0. The van der Waals surface area contributed by atoms with Crippen molar-refractivity contribution in [1.29, 1.82) is 0 Å². The average Bonchev–Trinajstić information content (AvgIpc) is 3.35.